The molecule has 21 heavy (non-hydrogen) atoms. The molecule has 1 aliphatic carbocycles. The normalized spacial score (nSPS) is 16.9. The zero-order chi connectivity index (χ0) is 14.5. The largest absolute Gasteiger partial charge is 0.441 e. The smallest absolute Gasteiger partial charge is 0.408 e. The molecule has 0 aliphatic heterocycles. The van der Waals surface area contributed by atoms with E-state index >= 15 is 0 Å². The quantitative estimate of drug-likeness (QED) is 0.923. The predicted octanol–water partition coefficient (Wildman–Crippen LogP) is 3.99. The summed E-state index contributed by atoms with van der Waals surface area (Å²) < 4.78 is 5.59. The summed E-state index contributed by atoms with van der Waals surface area (Å²) in [6.07, 6.45) is 2.57. The van der Waals surface area contributed by atoms with Gasteiger partial charge in [-0.15, -0.1) is 0 Å². The van der Waals surface area contributed by atoms with E-state index in [-0.39, 0.29) is 12.2 Å². The summed E-state index contributed by atoms with van der Waals surface area (Å²) in [7, 11) is 0. The van der Waals surface area contributed by atoms with Crippen LogP contribution >= 0.6 is 0 Å². The number of rotatable bonds is 3. The molecule has 0 spiro atoms. The molecule has 1 N–H and O–H groups in total. The minimum absolute atomic E-state index is 0.120. The summed E-state index contributed by atoms with van der Waals surface area (Å²) in [5.74, 6) is 0. The molecule has 3 rings (SSSR count). The number of aryl methyl sites for hydroxylation is 1. The van der Waals surface area contributed by atoms with E-state index < -0.39 is 0 Å². The van der Waals surface area contributed by atoms with Crippen molar-refractivity contribution in [2.45, 2.75) is 31.9 Å². The van der Waals surface area contributed by atoms with Gasteiger partial charge in [0.1, 0.15) is 6.10 Å². The van der Waals surface area contributed by atoms with Crippen molar-refractivity contribution in [1.29, 1.82) is 0 Å². The van der Waals surface area contributed by atoms with Crippen molar-refractivity contribution in [2.75, 3.05) is 0 Å². The molecule has 1 atom stereocenters. The van der Waals surface area contributed by atoms with Gasteiger partial charge in [-0.3, -0.25) is 0 Å². The standard InChI is InChI=1S/C18H19NO2/c20-18(19-13-14-7-2-1-3-8-14)21-17-12-6-10-15-9-4-5-11-16(15)17/h1-5,7-9,11,17H,6,10,12-13H2,(H,19,20). The van der Waals surface area contributed by atoms with Crippen LogP contribution in [0.25, 0.3) is 0 Å². The lowest BCUT2D eigenvalue weighted by atomic mass is 9.89. The monoisotopic (exact) mass is 281 g/mol. The highest BCUT2D eigenvalue weighted by Gasteiger charge is 2.22. The lowest BCUT2D eigenvalue weighted by Crippen LogP contribution is -2.27. The Morgan fingerprint density at radius 2 is 1.86 bits per heavy atom. The topological polar surface area (TPSA) is 38.3 Å². The third-order valence-electron chi connectivity index (χ3n) is 3.84. The Bertz CT molecular complexity index is 610. The molecule has 0 heterocycles. The molecule has 0 radical (unpaired) electrons. The summed E-state index contributed by atoms with van der Waals surface area (Å²) in [5, 5.41) is 2.82. The number of hydrogen-bond donors (Lipinski definition) is 1. The Labute approximate surface area is 124 Å². The molecule has 1 aliphatic rings. The van der Waals surface area contributed by atoms with Crippen molar-refractivity contribution in [3.8, 4) is 0 Å². The van der Waals surface area contributed by atoms with Crippen LogP contribution in [0.2, 0.25) is 0 Å². The van der Waals surface area contributed by atoms with E-state index in [1.807, 2.05) is 42.5 Å². The number of carbonyl (C=O) groups is 1. The van der Waals surface area contributed by atoms with Crippen LogP contribution in [0.15, 0.2) is 54.6 Å². The van der Waals surface area contributed by atoms with Crippen LogP contribution in [0.4, 0.5) is 4.79 Å². The van der Waals surface area contributed by atoms with Gasteiger partial charge in [-0.05, 0) is 36.0 Å². The van der Waals surface area contributed by atoms with E-state index in [2.05, 4.69) is 17.4 Å². The van der Waals surface area contributed by atoms with Crippen molar-refractivity contribution >= 4 is 6.09 Å². The maximum absolute atomic E-state index is 12.0. The molecule has 3 heteroatoms. The van der Waals surface area contributed by atoms with Crippen LogP contribution < -0.4 is 5.32 Å². The molecule has 2 aromatic rings. The molecular formula is C18H19NO2. The van der Waals surface area contributed by atoms with Gasteiger partial charge in [0.05, 0.1) is 0 Å². The summed E-state index contributed by atoms with van der Waals surface area (Å²) in [4.78, 5) is 12.0. The molecule has 1 unspecified atom stereocenters. The highest BCUT2D eigenvalue weighted by atomic mass is 16.6. The third-order valence-corrected chi connectivity index (χ3v) is 3.84. The van der Waals surface area contributed by atoms with Gasteiger partial charge in [0.25, 0.3) is 0 Å². The number of benzene rings is 2. The average molecular weight is 281 g/mol. The first-order chi connectivity index (χ1) is 10.3. The van der Waals surface area contributed by atoms with E-state index in [0.717, 1.165) is 30.4 Å². The van der Waals surface area contributed by atoms with Crippen molar-refractivity contribution in [3.05, 3.63) is 71.3 Å². The molecule has 0 saturated carbocycles. The molecular weight excluding hydrogens is 262 g/mol. The number of carbonyl (C=O) groups excluding carboxylic acids is 1. The van der Waals surface area contributed by atoms with E-state index in [4.69, 9.17) is 4.74 Å². The first-order valence-electron chi connectivity index (χ1n) is 7.39. The molecule has 108 valence electrons. The second-order valence-electron chi connectivity index (χ2n) is 5.32. The molecule has 0 bridgehead atoms. The van der Waals surface area contributed by atoms with Crippen molar-refractivity contribution in [3.63, 3.8) is 0 Å². The fraction of sp³-hybridized carbons (Fsp3) is 0.278. The van der Waals surface area contributed by atoms with E-state index in [0.29, 0.717) is 6.54 Å². The zero-order valence-corrected chi connectivity index (χ0v) is 11.9. The fourth-order valence-corrected chi connectivity index (χ4v) is 2.77. The minimum atomic E-state index is -0.347. The summed E-state index contributed by atoms with van der Waals surface area (Å²) >= 11 is 0. The van der Waals surface area contributed by atoms with Crippen LogP contribution in [0.5, 0.6) is 0 Å². The van der Waals surface area contributed by atoms with Crippen LogP contribution in [0.3, 0.4) is 0 Å². The number of amides is 1. The average Bonchev–Trinajstić information content (AvgIpc) is 2.54. The van der Waals surface area contributed by atoms with Gasteiger partial charge < -0.3 is 10.1 Å². The molecule has 0 fully saturated rings. The molecule has 0 aromatic heterocycles. The van der Waals surface area contributed by atoms with Gasteiger partial charge in [-0.2, -0.15) is 0 Å². The van der Waals surface area contributed by atoms with Crippen LogP contribution in [-0.4, -0.2) is 6.09 Å². The van der Waals surface area contributed by atoms with Gasteiger partial charge >= 0.3 is 6.09 Å². The number of fused-ring (bicyclic) bond motifs is 1. The Morgan fingerprint density at radius 3 is 2.71 bits per heavy atom. The van der Waals surface area contributed by atoms with Gasteiger partial charge in [0.2, 0.25) is 0 Å². The second-order valence-corrected chi connectivity index (χ2v) is 5.32. The Balaban J connectivity index is 1.58. The van der Waals surface area contributed by atoms with Gasteiger partial charge in [-0.1, -0.05) is 54.6 Å². The van der Waals surface area contributed by atoms with Crippen molar-refractivity contribution < 1.29 is 9.53 Å². The molecule has 3 nitrogen and oxygen atoms in total. The second kappa shape index (κ2) is 6.44. The van der Waals surface area contributed by atoms with Crippen LogP contribution in [-0.2, 0) is 17.7 Å². The number of alkyl carbamates (subject to hydrolysis) is 1. The van der Waals surface area contributed by atoms with Crippen molar-refractivity contribution in [2.24, 2.45) is 0 Å². The lowest BCUT2D eigenvalue weighted by Gasteiger charge is -2.25. The highest BCUT2D eigenvalue weighted by Crippen LogP contribution is 2.32. The van der Waals surface area contributed by atoms with Gasteiger partial charge in [-0.25, -0.2) is 4.79 Å². The molecule has 1 amide bonds. The summed E-state index contributed by atoms with van der Waals surface area (Å²) in [5.41, 5.74) is 3.52. The maximum Gasteiger partial charge on any atom is 0.408 e. The third kappa shape index (κ3) is 3.43. The van der Waals surface area contributed by atoms with E-state index in [1.54, 1.807) is 0 Å². The van der Waals surface area contributed by atoms with Crippen LogP contribution in [0, 0.1) is 0 Å². The summed E-state index contributed by atoms with van der Waals surface area (Å²) in [6, 6.07) is 18.1. The Hall–Kier alpha value is -2.29. The maximum atomic E-state index is 12.0. The number of ether oxygens (including phenoxy) is 1. The number of nitrogens with one attached hydrogen (secondary N) is 1. The predicted molar refractivity (Wildman–Crippen MR) is 81.9 cm³/mol. The SMILES string of the molecule is O=C(NCc1ccccc1)OC1CCCc2ccccc21. The summed E-state index contributed by atoms with van der Waals surface area (Å²) in [6.45, 7) is 0.494. The van der Waals surface area contributed by atoms with Gasteiger partial charge in [0.15, 0.2) is 0 Å². The van der Waals surface area contributed by atoms with Crippen LogP contribution in [0.1, 0.15) is 35.6 Å². The zero-order valence-electron chi connectivity index (χ0n) is 11.9. The van der Waals surface area contributed by atoms with Gasteiger partial charge in [0, 0.05) is 6.54 Å². The Kier molecular flexibility index (Phi) is 4.20. The highest BCUT2D eigenvalue weighted by molar-refractivity contribution is 5.67. The number of hydrogen-bond acceptors (Lipinski definition) is 2. The molecule has 2 aromatic carbocycles. The minimum Gasteiger partial charge on any atom is -0.441 e. The van der Waals surface area contributed by atoms with Crippen molar-refractivity contribution in [1.82, 2.24) is 5.32 Å². The lowest BCUT2D eigenvalue weighted by molar-refractivity contribution is 0.0870. The fourth-order valence-electron chi connectivity index (χ4n) is 2.77. The first-order valence-corrected chi connectivity index (χ1v) is 7.39. The van der Waals surface area contributed by atoms with E-state index in [9.17, 15) is 4.79 Å². The first kappa shape index (κ1) is 13.7. The Morgan fingerprint density at radius 1 is 1.10 bits per heavy atom. The molecule has 0 saturated heterocycles. The van der Waals surface area contributed by atoms with E-state index in [1.165, 1.54) is 5.56 Å².